The Morgan fingerprint density at radius 2 is 1.38 bits per heavy atom. The zero-order valence-electron chi connectivity index (χ0n) is 20.2. The molecule has 1 aromatic heterocycles. The highest BCUT2D eigenvalue weighted by Gasteiger charge is 2.52. The van der Waals surface area contributed by atoms with Crippen LogP contribution in [0.5, 0.6) is 0 Å². The van der Waals surface area contributed by atoms with Gasteiger partial charge in [0.15, 0.2) is 0 Å². The first kappa shape index (κ1) is 23.2. The lowest BCUT2D eigenvalue weighted by atomic mass is 9.58. The number of aliphatic hydroxyl groups excluding tert-OH is 2. The number of rotatable bonds is 3. The summed E-state index contributed by atoms with van der Waals surface area (Å²) >= 11 is 0. The Kier molecular flexibility index (Phi) is 5.66. The minimum atomic E-state index is -0.843. The van der Waals surface area contributed by atoms with E-state index in [2.05, 4.69) is 4.57 Å². The number of Topliss-reactive ketones (excluding diaryl/α,β-unsaturated/α-hetero) is 2. The zero-order valence-corrected chi connectivity index (χ0v) is 20.2. The van der Waals surface area contributed by atoms with Gasteiger partial charge in [-0.3, -0.25) is 9.59 Å². The van der Waals surface area contributed by atoms with Crippen LogP contribution in [0.1, 0.15) is 70.6 Å². The first-order chi connectivity index (χ1) is 14.8. The van der Waals surface area contributed by atoms with Crippen molar-refractivity contribution in [3.05, 3.63) is 35.5 Å². The van der Waals surface area contributed by atoms with Crippen LogP contribution in [0, 0.1) is 29.6 Å². The van der Waals surface area contributed by atoms with Crippen molar-refractivity contribution in [2.45, 2.75) is 78.4 Å². The van der Waals surface area contributed by atoms with Gasteiger partial charge < -0.3 is 14.8 Å². The largest absolute Gasteiger partial charge is 0.392 e. The summed E-state index contributed by atoms with van der Waals surface area (Å²) in [6.07, 6.45) is 0.0714. The number of fused-ring (bicyclic) bond motifs is 1. The molecule has 0 radical (unpaired) electrons. The second kappa shape index (κ2) is 7.81. The second-order valence-electron chi connectivity index (χ2n) is 11.8. The number of hydrogen-bond donors (Lipinski definition) is 2. The summed E-state index contributed by atoms with van der Waals surface area (Å²) in [4.78, 5) is 27.0. The fraction of sp³-hybridized carbons (Fsp3) is 0.630. The number of hydrogen-bond acceptors (Lipinski definition) is 4. The van der Waals surface area contributed by atoms with Gasteiger partial charge in [0.1, 0.15) is 11.6 Å². The molecule has 5 atom stereocenters. The molecule has 1 unspecified atom stereocenters. The van der Waals surface area contributed by atoms with E-state index in [1.165, 1.54) is 0 Å². The van der Waals surface area contributed by atoms with Crippen molar-refractivity contribution in [2.75, 3.05) is 0 Å². The normalized spacial score (nSPS) is 31.1. The summed E-state index contributed by atoms with van der Waals surface area (Å²) in [6, 6.07) is 8.00. The fourth-order valence-electron chi connectivity index (χ4n) is 6.57. The number of ketones is 2. The minimum Gasteiger partial charge on any atom is -0.392 e. The summed E-state index contributed by atoms with van der Waals surface area (Å²) < 4.78 is 2.09. The first-order valence-electron chi connectivity index (χ1n) is 11.8. The molecule has 1 aromatic carbocycles. The molecular formula is C27H37NO4. The van der Waals surface area contributed by atoms with E-state index >= 15 is 0 Å². The summed E-state index contributed by atoms with van der Waals surface area (Å²) in [5.41, 5.74) is 2.38. The Balaban J connectivity index is 1.93. The number of nitrogens with zero attached hydrogens (tertiary/aromatic N) is 1. The summed E-state index contributed by atoms with van der Waals surface area (Å²) in [7, 11) is 1.99. The van der Waals surface area contributed by atoms with Crippen LogP contribution in [0.25, 0.3) is 10.9 Å². The SMILES string of the molecule is Cc1c(C([C@H]2C(=O)CC(C)(C)C[C@@H]2O)[C@@H]2C(=O)CC(C)(C)C[C@@H]2O)c2ccccc2n1C. The zero-order chi connectivity index (χ0) is 23.6. The molecule has 2 aromatic rings. The molecule has 0 amide bonds. The van der Waals surface area contributed by atoms with Crippen LogP contribution in [0.4, 0.5) is 0 Å². The van der Waals surface area contributed by atoms with Crippen molar-refractivity contribution in [3.63, 3.8) is 0 Å². The average molecular weight is 440 g/mol. The Morgan fingerprint density at radius 3 is 1.84 bits per heavy atom. The van der Waals surface area contributed by atoms with E-state index in [-0.39, 0.29) is 22.4 Å². The third kappa shape index (κ3) is 3.84. The van der Waals surface area contributed by atoms with E-state index < -0.39 is 30.0 Å². The highest BCUT2D eigenvalue weighted by atomic mass is 16.3. The van der Waals surface area contributed by atoms with Crippen LogP contribution in [0.3, 0.4) is 0 Å². The van der Waals surface area contributed by atoms with Gasteiger partial charge in [-0.05, 0) is 42.2 Å². The topological polar surface area (TPSA) is 79.5 Å². The van der Waals surface area contributed by atoms with Crippen molar-refractivity contribution in [2.24, 2.45) is 29.7 Å². The van der Waals surface area contributed by atoms with Gasteiger partial charge in [0, 0.05) is 42.4 Å². The number of carbonyl (C=O) groups is 2. The van der Waals surface area contributed by atoms with Crippen molar-refractivity contribution >= 4 is 22.5 Å². The lowest BCUT2D eigenvalue weighted by Gasteiger charge is -2.46. The number of para-hydroxylation sites is 1. The van der Waals surface area contributed by atoms with Gasteiger partial charge in [-0.25, -0.2) is 0 Å². The number of benzene rings is 1. The highest BCUT2D eigenvalue weighted by Crippen LogP contribution is 2.51. The maximum atomic E-state index is 13.5. The molecule has 174 valence electrons. The Hall–Kier alpha value is -1.98. The second-order valence-corrected chi connectivity index (χ2v) is 11.8. The van der Waals surface area contributed by atoms with E-state index in [4.69, 9.17) is 0 Å². The number of carbonyl (C=O) groups excluding carboxylic acids is 2. The fourth-order valence-corrected chi connectivity index (χ4v) is 6.57. The standard InChI is InChI=1S/C27H37NO4/c1-15-22(16-9-7-8-10-17(16)28(15)6)25(23-18(29)11-26(2,3)12-19(23)30)24-20(31)13-27(4,5)14-21(24)32/h7-10,18,20,23-25,29,31H,11-14H2,1-6H3/t18-,20-,23-,24+,25?/m0/s1. The lowest BCUT2D eigenvalue weighted by Crippen LogP contribution is -2.51. The molecule has 2 N–H and O–H groups in total. The number of aryl methyl sites for hydroxylation is 1. The third-order valence-electron chi connectivity index (χ3n) is 7.96. The van der Waals surface area contributed by atoms with Crippen LogP contribution in [-0.2, 0) is 16.6 Å². The predicted molar refractivity (Wildman–Crippen MR) is 125 cm³/mol. The monoisotopic (exact) mass is 439 g/mol. The van der Waals surface area contributed by atoms with Crippen LogP contribution < -0.4 is 0 Å². The molecule has 4 rings (SSSR count). The molecule has 1 heterocycles. The number of aliphatic hydroxyl groups is 2. The first-order valence-corrected chi connectivity index (χ1v) is 11.8. The Labute approximate surface area is 190 Å². The maximum Gasteiger partial charge on any atom is 0.139 e. The van der Waals surface area contributed by atoms with E-state index in [1.54, 1.807) is 0 Å². The van der Waals surface area contributed by atoms with Gasteiger partial charge in [0.25, 0.3) is 0 Å². The van der Waals surface area contributed by atoms with E-state index in [0.29, 0.717) is 25.7 Å². The molecule has 32 heavy (non-hydrogen) atoms. The van der Waals surface area contributed by atoms with Gasteiger partial charge in [-0.1, -0.05) is 45.9 Å². The minimum absolute atomic E-state index is 0.00378. The molecule has 0 saturated heterocycles. The Morgan fingerprint density at radius 1 is 0.906 bits per heavy atom. The summed E-state index contributed by atoms with van der Waals surface area (Å²) in [5.74, 6) is -1.94. The van der Waals surface area contributed by atoms with Crippen LogP contribution >= 0.6 is 0 Å². The van der Waals surface area contributed by atoms with Crippen LogP contribution in [0.15, 0.2) is 24.3 Å². The van der Waals surface area contributed by atoms with E-state index in [1.807, 2.05) is 65.9 Å². The van der Waals surface area contributed by atoms with E-state index in [0.717, 1.165) is 22.2 Å². The van der Waals surface area contributed by atoms with Crippen LogP contribution in [0.2, 0.25) is 0 Å². The molecule has 0 bridgehead atoms. The molecule has 2 aliphatic rings. The molecule has 0 aliphatic heterocycles. The number of aromatic nitrogens is 1. The average Bonchev–Trinajstić information content (AvgIpc) is 2.88. The van der Waals surface area contributed by atoms with Gasteiger partial charge >= 0.3 is 0 Å². The summed E-state index contributed by atoms with van der Waals surface area (Å²) in [6.45, 7) is 10.0. The maximum absolute atomic E-state index is 13.5. The molecule has 2 saturated carbocycles. The van der Waals surface area contributed by atoms with Gasteiger partial charge in [-0.15, -0.1) is 0 Å². The predicted octanol–water partition coefficient (Wildman–Crippen LogP) is 4.30. The van der Waals surface area contributed by atoms with Crippen LogP contribution in [-0.4, -0.2) is 38.6 Å². The van der Waals surface area contributed by atoms with Gasteiger partial charge in [-0.2, -0.15) is 0 Å². The molecule has 2 aliphatic carbocycles. The van der Waals surface area contributed by atoms with Crippen molar-refractivity contribution in [1.82, 2.24) is 4.57 Å². The molecule has 5 heteroatoms. The third-order valence-corrected chi connectivity index (χ3v) is 7.96. The Bertz CT molecular complexity index is 1020. The molecule has 0 spiro atoms. The smallest absolute Gasteiger partial charge is 0.139 e. The quantitative estimate of drug-likeness (QED) is 0.747. The summed E-state index contributed by atoms with van der Waals surface area (Å²) in [5, 5.41) is 23.5. The van der Waals surface area contributed by atoms with Crippen molar-refractivity contribution in [1.29, 1.82) is 0 Å². The van der Waals surface area contributed by atoms with E-state index in [9.17, 15) is 19.8 Å². The molecule has 2 fully saturated rings. The van der Waals surface area contributed by atoms with Crippen molar-refractivity contribution in [3.8, 4) is 0 Å². The van der Waals surface area contributed by atoms with Crippen molar-refractivity contribution < 1.29 is 19.8 Å². The highest BCUT2D eigenvalue weighted by molar-refractivity contribution is 5.92. The van der Waals surface area contributed by atoms with Gasteiger partial charge in [0.2, 0.25) is 0 Å². The van der Waals surface area contributed by atoms with Gasteiger partial charge in [0.05, 0.1) is 24.0 Å². The lowest BCUT2D eigenvalue weighted by molar-refractivity contribution is -0.144. The molecule has 5 nitrogen and oxygen atoms in total. The molecular weight excluding hydrogens is 402 g/mol.